The maximum atomic E-state index is 11.8. The Bertz CT molecular complexity index is 353. The van der Waals surface area contributed by atoms with Crippen molar-refractivity contribution in [1.29, 1.82) is 5.26 Å². The molecule has 0 aromatic heterocycles. The summed E-state index contributed by atoms with van der Waals surface area (Å²) < 4.78 is 5.00. The Hall–Kier alpha value is -1.65. The number of hydrogen-bond acceptors (Lipinski definition) is 6. The van der Waals surface area contributed by atoms with Gasteiger partial charge in [-0.15, -0.1) is 0 Å². The van der Waals surface area contributed by atoms with Gasteiger partial charge in [0, 0.05) is 26.2 Å². The summed E-state index contributed by atoms with van der Waals surface area (Å²) in [5.74, 6) is -0.481. The summed E-state index contributed by atoms with van der Waals surface area (Å²) in [5.41, 5.74) is 0. The van der Waals surface area contributed by atoms with Crippen LogP contribution in [0.3, 0.4) is 0 Å². The van der Waals surface area contributed by atoms with Crippen LogP contribution in [0.15, 0.2) is 0 Å². The summed E-state index contributed by atoms with van der Waals surface area (Å²) in [6, 6.07) is 1.54. The zero-order valence-corrected chi connectivity index (χ0v) is 11.1. The summed E-state index contributed by atoms with van der Waals surface area (Å²) in [7, 11) is 0. The van der Waals surface area contributed by atoms with E-state index in [9.17, 15) is 9.59 Å². The van der Waals surface area contributed by atoms with E-state index in [4.69, 9.17) is 10.00 Å². The van der Waals surface area contributed by atoms with Crippen LogP contribution in [-0.2, 0) is 14.3 Å². The molecule has 1 aliphatic rings. The first-order chi connectivity index (χ1) is 9.19. The van der Waals surface area contributed by atoms with Gasteiger partial charge in [0.1, 0.15) is 6.04 Å². The van der Waals surface area contributed by atoms with Crippen molar-refractivity contribution < 1.29 is 14.3 Å². The summed E-state index contributed by atoms with van der Waals surface area (Å²) in [4.78, 5) is 25.3. The average molecular weight is 268 g/mol. The molecule has 0 aromatic rings. The molecule has 1 unspecified atom stereocenters. The minimum absolute atomic E-state index is 0.149. The van der Waals surface area contributed by atoms with Crippen LogP contribution < -0.4 is 10.6 Å². The van der Waals surface area contributed by atoms with E-state index >= 15 is 0 Å². The molecule has 0 aliphatic carbocycles. The third-order valence-corrected chi connectivity index (χ3v) is 2.82. The molecule has 0 aromatic carbocycles. The molecule has 1 atom stereocenters. The third-order valence-electron chi connectivity index (χ3n) is 2.82. The fourth-order valence-corrected chi connectivity index (χ4v) is 1.90. The number of carbonyl (C=O) groups excluding carboxylic acids is 2. The van der Waals surface area contributed by atoms with E-state index in [1.54, 1.807) is 11.8 Å². The second-order valence-corrected chi connectivity index (χ2v) is 4.20. The molecule has 0 bridgehead atoms. The van der Waals surface area contributed by atoms with Crippen molar-refractivity contribution in [2.75, 3.05) is 39.3 Å². The Morgan fingerprint density at radius 3 is 3.05 bits per heavy atom. The number of esters is 1. The zero-order valence-electron chi connectivity index (χ0n) is 11.1. The second kappa shape index (κ2) is 8.45. The van der Waals surface area contributed by atoms with Gasteiger partial charge >= 0.3 is 5.97 Å². The van der Waals surface area contributed by atoms with Crippen molar-refractivity contribution in [1.82, 2.24) is 15.5 Å². The monoisotopic (exact) mass is 268 g/mol. The maximum absolute atomic E-state index is 11.8. The van der Waals surface area contributed by atoms with Crippen LogP contribution in [0, 0.1) is 11.3 Å². The molecule has 1 rings (SSSR count). The molecule has 0 spiro atoms. The zero-order chi connectivity index (χ0) is 14.1. The van der Waals surface area contributed by atoms with Gasteiger partial charge in [-0.25, -0.2) is 0 Å². The molecule has 1 aliphatic heterocycles. The van der Waals surface area contributed by atoms with E-state index in [1.165, 1.54) is 0 Å². The molecule has 1 saturated heterocycles. The highest BCUT2D eigenvalue weighted by Crippen LogP contribution is 2.05. The molecule has 0 radical (unpaired) electrons. The lowest BCUT2D eigenvalue weighted by Gasteiger charge is -2.33. The fourth-order valence-electron chi connectivity index (χ4n) is 1.90. The van der Waals surface area contributed by atoms with Crippen LogP contribution in [0.4, 0.5) is 0 Å². The van der Waals surface area contributed by atoms with Crippen LogP contribution in [0.5, 0.6) is 0 Å². The maximum Gasteiger partial charge on any atom is 0.324 e. The number of piperazine rings is 1. The number of nitriles is 1. The standard InChI is InChI=1S/C12H20N4O3/c1-2-19-12(18)10-8-14-6-7-16(10)9-11(17)15-5-3-4-13/h10,14H,2-3,5-9H2,1H3,(H,15,17). The molecule has 7 nitrogen and oxygen atoms in total. The lowest BCUT2D eigenvalue weighted by atomic mass is 10.2. The highest BCUT2D eigenvalue weighted by molar-refractivity contribution is 5.80. The predicted molar refractivity (Wildman–Crippen MR) is 68.1 cm³/mol. The van der Waals surface area contributed by atoms with E-state index in [-0.39, 0.29) is 24.8 Å². The van der Waals surface area contributed by atoms with Gasteiger partial charge in [-0.2, -0.15) is 5.26 Å². The highest BCUT2D eigenvalue weighted by Gasteiger charge is 2.30. The first-order valence-corrected chi connectivity index (χ1v) is 6.44. The average Bonchev–Trinajstić information content (AvgIpc) is 2.40. The van der Waals surface area contributed by atoms with Crippen molar-refractivity contribution in [2.45, 2.75) is 19.4 Å². The van der Waals surface area contributed by atoms with Crippen LogP contribution in [0.25, 0.3) is 0 Å². The Balaban J connectivity index is 2.46. The van der Waals surface area contributed by atoms with Gasteiger partial charge in [0.05, 0.1) is 25.6 Å². The Kier molecular flexibility index (Phi) is 6.85. The van der Waals surface area contributed by atoms with E-state index in [1.807, 2.05) is 6.07 Å². The summed E-state index contributed by atoms with van der Waals surface area (Å²) in [5, 5.41) is 14.2. The number of rotatable bonds is 6. The lowest BCUT2D eigenvalue weighted by Crippen LogP contribution is -2.57. The van der Waals surface area contributed by atoms with Crippen LogP contribution in [0.1, 0.15) is 13.3 Å². The van der Waals surface area contributed by atoms with Gasteiger partial charge in [0.15, 0.2) is 0 Å². The van der Waals surface area contributed by atoms with E-state index < -0.39 is 6.04 Å². The van der Waals surface area contributed by atoms with Crippen molar-refractivity contribution in [3.63, 3.8) is 0 Å². The lowest BCUT2D eigenvalue weighted by molar-refractivity contribution is -0.150. The van der Waals surface area contributed by atoms with E-state index in [0.29, 0.717) is 26.2 Å². The minimum Gasteiger partial charge on any atom is -0.465 e. The number of hydrogen-bond donors (Lipinski definition) is 2. The highest BCUT2D eigenvalue weighted by atomic mass is 16.5. The van der Waals surface area contributed by atoms with Crippen molar-refractivity contribution in [3.8, 4) is 6.07 Å². The van der Waals surface area contributed by atoms with E-state index in [2.05, 4.69) is 10.6 Å². The first-order valence-electron chi connectivity index (χ1n) is 6.44. The fraction of sp³-hybridized carbons (Fsp3) is 0.750. The van der Waals surface area contributed by atoms with Gasteiger partial charge < -0.3 is 15.4 Å². The molecule has 0 saturated carbocycles. The normalized spacial score (nSPS) is 19.5. The topological polar surface area (TPSA) is 94.5 Å². The van der Waals surface area contributed by atoms with Gasteiger partial charge in [-0.3, -0.25) is 14.5 Å². The molecule has 19 heavy (non-hydrogen) atoms. The van der Waals surface area contributed by atoms with Gasteiger partial charge in [-0.1, -0.05) is 0 Å². The molecule has 1 fully saturated rings. The van der Waals surface area contributed by atoms with Gasteiger partial charge in [0.2, 0.25) is 5.91 Å². The summed E-state index contributed by atoms with van der Waals surface area (Å²) in [6.07, 6.45) is 0.286. The summed E-state index contributed by atoms with van der Waals surface area (Å²) >= 11 is 0. The number of carbonyl (C=O) groups is 2. The third kappa shape index (κ3) is 5.24. The number of amides is 1. The van der Waals surface area contributed by atoms with Crippen LogP contribution >= 0.6 is 0 Å². The molecule has 7 heteroatoms. The predicted octanol–water partition coefficient (Wildman–Crippen LogP) is -1.15. The first kappa shape index (κ1) is 15.4. The quantitative estimate of drug-likeness (QED) is 0.467. The van der Waals surface area contributed by atoms with Gasteiger partial charge in [0.25, 0.3) is 0 Å². The van der Waals surface area contributed by atoms with Gasteiger partial charge in [-0.05, 0) is 6.92 Å². The van der Waals surface area contributed by atoms with Crippen LogP contribution in [-0.4, -0.2) is 62.1 Å². The smallest absolute Gasteiger partial charge is 0.324 e. The molecule has 2 N–H and O–H groups in total. The van der Waals surface area contributed by atoms with E-state index in [0.717, 1.165) is 6.54 Å². The Morgan fingerprint density at radius 1 is 1.58 bits per heavy atom. The number of ether oxygens (including phenoxy) is 1. The van der Waals surface area contributed by atoms with Crippen molar-refractivity contribution in [3.05, 3.63) is 0 Å². The molecule has 106 valence electrons. The number of nitrogens with one attached hydrogen (secondary N) is 2. The largest absolute Gasteiger partial charge is 0.465 e. The minimum atomic E-state index is -0.421. The molecule has 1 heterocycles. The Labute approximate surface area is 112 Å². The molecule has 1 amide bonds. The molecular weight excluding hydrogens is 248 g/mol. The number of nitrogens with zero attached hydrogens (tertiary/aromatic N) is 2. The second-order valence-electron chi connectivity index (χ2n) is 4.20. The summed E-state index contributed by atoms with van der Waals surface area (Å²) in [6.45, 7) is 4.42. The van der Waals surface area contributed by atoms with Crippen molar-refractivity contribution in [2.24, 2.45) is 0 Å². The van der Waals surface area contributed by atoms with Crippen molar-refractivity contribution >= 4 is 11.9 Å². The Morgan fingerprint density at radius 2 is 2.37 bits per heavy atom. The SMILES string of the molecule is CCOC(=O)C1CNCCN1CC(=O)NCCC#N. The molecular formula is C12H20N4O3. The van der Waals surface area contributed by atoms with Crippen LogP contribution in [0.2, 0.25) is 0 Å².